The molecule has 1 nitrogen and oxygen atoms in total. The quantitative estimate of drug-likeness (QED) is 0.750. The minimum Gasteiger partial charge on any atom is -0.389 e. The van der Waals surface area contributed by atoms with Gasteiger partial charge < -0.3 is 5.11 Å². The van der Waals surface area contributed by atoms with Crippen LogP contribution in [0, 0.1) is 11.8 Å². The normalized spacial score (nSPS) is 18.2. The summed E-state index contributed by atoms with van der Waals surface area (Å²) in [5.74, 6) is 6.11. The van der Waals surface area contributed by atoms with Crippen molar-refractivity contribution in [3.8, 4) is 11.8 Å². The Balaban J connectivity index is 2.00. The Hall–Kier alpha value is -0.970. The maximum Gasteiger partial charge on any atom is 0.0756 e. The maximum absolute atomic E-state index is 10.3. The molecule has 0 aromatic heterocycles. The number of rotatable bonds is 1. The summed E-state index contributed by atoms with van der Waals surface area (Å²) in [5, 5.41) is 11.0. The molecule has 1 aliphatic rings. The zero-order valence-electron chi connectivity index (χ0n) is 9.88. The van der Waals surface area contributed by atoms with Gasteiger partial charge in [0.05, 0.1) is 10.6 Å². The highest BCUT2D eigenvalue weighted by Crippen LogP contribution is 2.30. The molecular formula is C15H17ClO. The van der Waals surface area contributed by atoms with E-state index in [-0.39, 0.29) is 0 Å². The van der Waals surface area contributed by atoms with Crippen LogP contribution < -0.4 is 0 Å². The molecule has 0 atom stereocenters. The summed E-state index contributed by atoms with van der Waals surface area (Å²) in [7, 11) is 0. The van der Waals surface area contributed by atoms with Crippen molar-refractivity contribution in [2.45, 2.75) is 44.1 Å². The van der Waals surface area contributed by atoms with Crippen molar-refractivity contribution in [3.05, 3.63) is 34.9 Å². The topological polar surface area (TPSA) is 20.2 Å². The predicted molar refractivity (Wildman–Crippen MR) is 71.0 cm³/mol. The molecule has 1 saturated carbocycles. The molecule has 2 heteroatoms. The molecule has 0 unspecified atom stereocenters. The molecule has 1 aliphatic carbocycles. The van der Waals surface area contributed by atoms with Crippen LogP contribution in [0.3, 0.4) is 0 Å². The molecule has 0 bridgehead atoms. The van der Waals surface area contributed by atoms with Crippen molar-refractivity contribution in [3.63, 3.8) is 0 Å². The lowest BCUT2D eigenvalue weighted by Crippen LogP contribution is -2.30. The van der Waals surface area contributed by atoms with Crippen LogP contribution in [0.15, 0.2) is 24.3 Å². The van der Waals surface area contributed by atoms with E-state index in [1.165, 1.54) is 6.42 Å². The second-order valence-corrected chi connectivity index (χ2v) is 5.15. The second-order valence-electron chi connectivity index (χ2n) is 4.74. The van der Waals surface area contributed by atoms with Crippen molar-refractivity contribution < 1.29 is 5.11 Å². The van der Waals surface area contributed by atoms with Crippen LogP contribution in [0.1, 0.15) is 44.1 Å². The van der Waals surface area contributed by atoms with E-state index in [2.05, 4.69) is 11.8 Å². The van der Waals surface area contributed by atoms with Gasteiger partial charge in [-0.2, -0.15) is 0 Å². The molecule has 0 amide bonds. The number of benzene rings is 1. The Morgan fingerprint density at radius 1 is 1.18 bits per heavy atom. The highest BCUT2D eigenvalue weighted by atomic mass is 35.5. The summed E-state index contributed by atoms with van der Waals surface area (Å²) in [5.41, 5.74) is 0.278. The van der Waals surface area contributed by atoms with Crippen LogP contribution in [-0.2, 0) is 0 Å². The summed E-state index contributed by atoms with van der Waals surface area (Å²) < 4.78 is 0. The lowest BCUT2D eigenvalue weighted by atomic mass is 9.83. The van der Waals surface area contributed by atoms with E-state index in [0.29, 0.717) is 11.4 Å². The van der Waals surface area contributed by atoms with Gasteiger partial charge in [0, 0.05) is 12.0 Å². The van der Waals surface area contributed by atoms with Gasteiger partial charge in [0.2, 0.25) is 0 Å². The highest BCUT2D eigenvalue weighted by molar-refractivity contribution is 6.31. The maximum atomic E-state index is 10.3. The fourth-order valence-electron chi connectivity index (χ4n) is 2.25. The van der Waals surface area contributed by atoms with E-state index >= 15 is 0 Å². The Morgan fingerprint density at radius 2 is 1.88 bits per heavy atom. The Labute approximate surface area is 108 Å². The first-order valence-corrected chi connectivity index (χ1v) is 6.53. The Kier molecular flexibility index (Phi) is 4.10. The first-order chi connectivity index (χ1) is 8.20. The summed E-state index contributed by atoms with van der Waals surface area (Å²) >= 11 is 6.02. The van der Waals surface area contributed by atoms with Gasteiger partial charge in [-0.3, -0.25) is 0 Å². The summed E-state index contributed by atoms with van der Waals surface area (Å²) in [6, 6.07) is 7.55. The number of hydrogen-bond donors (Lipinski definition) is 1. The average Bonchev–Trinajstić information content (AvgIpc) is 2.32. The molecule has 1 N–H and O–H groups in total. The molecule has 1 fully saturated rings. The van der Waals surface area contributed by atoms with E-state index in [0.717, 1.165) is 31.2 Å². The van der Waals surface area contributed by atoms with Crippen LogP contribution in [0.2, 0.25) is 5.02 Å². The monoisotopic (exact) mass is 248 g/mol. The van der Waals surface area contributed by atoms with E-state index in [1.807, 2.05) is 24.3 Å². The van der Waals surface area contributed by atoms with Crippen molar-refractivity contribution in [1.82, 2.24) is 0 Å². The van der Waals surface area contributed by atoms with Crippen LogP contribution in [0.5, 0.6) is 0 Å². The van der Waals surface area contributed by atoms with Gasteiger partial charge in [-0.05, 0) is 25.0 Å². The van der Waals surface area contributed by atoms with E-state index in [4.69, 9.17) is 11.6 Å². The molecule has 1 aromatic carbocycles. The van der Waals surface area contributed by atoms with Crippen LogP contribution >= 0.6 is 11.6 Å². The first-order valence-electron chi connectivity index (χ1n) is 6.15. The third-order valence-electron chi connectivity index (χ3n) is 3.30. The lowest BCUT2D eigenvalue weighted by molar-refractivity contribution is 0.00895. The van der Waals surface area contributed by atoms with Crippen molar-refractivity contribution in [2.75, 3.05) is 0 Å². The minimum absolute atomic E-state index is 0.554. The molecule has 0 spiro atoms. The number of aliphatic hydroxyl groups is 1. The van der Waals surface area contributed by atoms with Gasteiger partial charge in [0.1, 0.15) is 0 Å². The molecule has 17 heavy (non-hydrogen) atoms. The summed E-state index contributed by atoms with van der Waals surface area (Å²) in [4.78, 5) is 0. The fourth-order valence-corrected chi connectivity index (χ4v) is 2.44. The third-order valence-corrected chi connectivity index (χ3v) is 3.63. The Bertz CT molecular complexity index is 436. The molecule has 0 saturated heterocycles. The molecular weight excluding hydrogens is 232 g/mol. The lowest BCUT2D eigenvalue weighted by Gasteiger charge is -2.30. The van der Waals surface area contributed by atoms with Crippen molar-refractivity contribution in [1.29, 1.82) is 0 Å². The fraction of sp³-hybridized carbons (Fsp3) is 0.467. The second kappa shape index (κ2) is 5.58. The van der Waals surface area contributed by atoms with Crippen LogP contribution in [-0.4, -0.2) is 10.7 Å². The van der Waals surface area contributed by atoms with Gasteiger partial charge in [0.25, 0.3) is 0 Å². The van der Waals surface area contributed by atoms with Gasteiger partial charge in [-0.15, -0.1) is 0 Å². The highest BCUT2D eigenvalue weighted by Gasteiger charge is 2.27. The minimum atomic E-state index is -0.563. The third kappa shape index (κ3) is 3.49. The van der Waals surface area contributed by atoms with Gasteiger partial charge in [-0.25, -0.2) is 0 Å². The van der Waals surface area contributed by atoms with E-state index < -0.39 is 5.60 Å². The molecule has 2 rings (SSSR count). The summed E-state index contributed by atoms with van der Waals surface area (Å²) in [6.45, 7) is 0. The summed E-state index contributed by atoms with van der Waals surface area (Å²) in [6.07, 6.45) is 5.78. The van der Waals surface area contributed by atoms with Gasteiger partial charge in [-0.1, -0.05) is 54.8 Å². The zero-order chi connectivity index (χ0) is 12.1. The first kappa shape index (κ1) is 12.5. The number of hydrogen-bond acceptors (Lipinski definition) is 1. The molecule has 1 aromatic rings. The van der Waals surface area contributed by atoms with Gasteiger partial charge >= 0.3 is 0 Å². The van der Waals surface area contributed by atoms with Gasteiger partial charge in [0.15, 0.2) is 0 Å². The molecule has 90 valence electrons. The Morgan fingerprint density at radius 3 is 2.59 bits per heavy atom. The van der Waals surface area contributed by atoms with Crippen LogP contribution in [0.4, 0.5) is 0 Å². The smallest absolute Gasteiger partial charge is 0.0756 e. The van der Waals surface area contributed by atoms with Crippen molar-refractivity contribution in [2.24, 2.45) is 0 Å². The zero-order valence-corrected chi connectivity index (χ0v) is 10.6. The SMILES string of the molecule is OC1(CC#Cc2ccccc2Cl)CCCCC1. The molecule has 0 heterocycles. The molecule has 0 aliphatic heterocycles. The van der Waals surface area contributed by atoms with E-state index in [9.17, 15) is 5.11 Å². The van der Waals surface area contributed by atoms with E-state index in [1.54, 1.807) is 0 Å². The van der Waals surface area contributed by atoms with Crippen molar-refractivity contribution >= 4 is 11.6 Å². The predicted octanol–water partition coefficient (Wildman–Crippen LogP) is 3.78. The average molecular weight is 249 g/mol. The van der Waals surface area contributed by atoms with Crippen LogP contribution in [0.25, 0.3) is 0 Å². The number of halogens is 1. The largest absolute Gasteiger partial charge is 0.389 e. The standard InChI is InChI=1S/C15H17ClO/c16-14-9-3-2-7-13(14)8-6-12-15(17)10-4-1-5-11-15/h2-3,7,9,17H,1,4-5,10-12H2. The molecule has 0 radical (unpaired) electrons.